The third-order valence-electron chi connectivity index (χ3n) is 5.29. The van der Waals surface area contributed by atoms with Crippen LogP contribution in [0.2, 0.25) is 0 Å². The molecule has 2 aromatic heterocycles. The van der Waals surface area contributed by atoms with Gasteiger partial charge in [0.05, 0.1) is 11.9 Å². The fourth-order valence-corrected chi connectivity index (χ4v) is 3.84. The number of halogens is 1. The van der Waals surface area contributed by atoms with E-state index >= 15 is 4.39 Å². The van der Waals surface area contributed by atoms with Crippen molar-refractivity contribution in [3.63, 3.8) is 0 Å². The van der Waals surface area contributed by atoms with Gasteiger partial charge in [0, 0.05) is 17.7 Å². The molecule has 1 fully saturated rings. The molecule has 1 unspecified atom stereocenters. The lowest BCUT2D eigenvalue weighted by Crippen LogP contribution is -2.27. The highest BCUT2D eigenvalue weighted by Crippen LogP contribution is 2.34. The maximum atomic E-state index is 15.1. The minimum absolute atomic E-state index is 0.282. The maximum absolute atomic E-state index is 15.1. The molecular weight excluding hydrogens is 383 g/mol. The number of fused-ring (bicyclic) bond motifs is 1. The molecule has 1 saturated heterocycles. The molecule has 0 amide bonds. The molecule has 1 aliphatic heterocycles. The molecule has 1 aliphatic rings. The van der Waals surface area contributed by atoms with Gasteiger partial charge in [0.25, 0.3) is 0 Å². The molecule has 0 spiro atoms. The summed E-state index contributed by atoms with van der Waals surface area (Å²) in [7, 11) is 0. The summed E-state index contributed by atoms with van der Waals surface area (Å²) in [6.45, 7) is 1.63. The van der Waals surface area contributed by atoms with Crippen LogP contribution in [0.3, 0.4) is 0 Å². The maximum Gasteiger partial charge on any atom is 0.164 e. The van der Waals surface area contributed by atoms with E-state index in [-0.39, 0.29) is 5.82 Å². The fraction of sp³-hybridized carbons (Fsp3) is 0.227. The summed E-state index contributed by atoms with van der Waals surface area (Å²) >= 11 is 0. The Morgan fingerprint density at radius 1 is 1.13 bits per heavy atom. The molecule has 1 atom stereocenters. The summed E-state index contributed by atoms with van der Waals surface area (Å²) in [5.41, 5.74) is 7.51. The van der Waals surface area contributed by atoms with E-state index in [4.69, 9.17) is 10.5 Å². The summed E-state index contributed by atoms with van der Waals surface area (Å²) in [6, 6.07) is 14.3. The first-order chi connectivity index (χ1) is 14.7. The van der Waals surface area contributed by atoms with Crippen molar-refractivity contribution < 1.29 is 9.13 Å². The van der Waals surface area contributed by atoms with Crippen molar-refractivity contribution in [3.8, 4) is 22.8 Å². The lowest BCUT2D eigenvalue weighted by atomic mass is 10.1. The van der Waals surface area contributed by atoms with E-state index in [0.29, 0.717) is 46.4 Å². The van der Waals surface area contributed by atoms with Gasteiger partial charge in [-0.05, 0) is 43.7 Å². The van der Waals surface area contributed by atoms with Crippen LogP contribution in [0.5, 0.6) is 11.5 Å². The molecule has 3 N–H and O–H groups in total. The first-order valence-corrected chi connectivity index (χ1v) is 9.92. The number of para-hydroxylation sites is 1. The second-order valence-electron chi connectivity index (χ2n) is 7.34. The molecule has 5 rings (SSSR count). The normalized spacial score (nSPS) is 16.2. The minimum Gasteiger partial charge on any atom is -0.457 e. The number of nitrogen functional groups attached to an aromatic ring is 1. The Bertz CT molecular complexity index is 1190. The lowest BCUT2D eigenvalue weighted by molar-refractivity contribution is 0.476. The van der Waals surface area contributed by atoms with Gasteiger partial charge in [-0.25, -0.2) is 19.0 Å². The zero-order valence-corrected chi connectivity index (χ0v) is 16.3. The highest BCUT2D eigenvalue weighted by atomic mass is 19.1. The van der Waals surface area contributed by atoms with Crippen molar-refractivity contribution in [2.75, 3.05) is 12.3 Å². The molecule has 0 bridgehead atoms. The number of hydrogen-bond donors (Lipinski definition) is 2. The summed E-state index contributed by atoms with van der Waals surface area (Å²) in [4.78, 5) is 8.46. The van der Waals surface area contributed by atoms with Crippen molar-refractivity contribution >= 4 is 16.9 Å². The monoisotopic (exact) mass is 404 g/mol. The second-order valence-corrected chi connectivity index (χ2v) is 7.34. The number of benzene rings is 2. The molecule has 0 radical (unpaired) electrons. The van der Waals surface area contributed by atoms with Crippen molar-refractivity contribution in [1.29, 1.82) is 0 Å². The largest absolute Gasteiger partial charge is 0.457 e. The van der Waals surface area contributed by atoms with Crippen LogP contribution in [-0.2, 0) is 6.54 Å². The van der Waals surface area contributed by atoms with Gasteiger partial charge >= 0.3 is 0 Å². The Morgan fingerprint density at radius 2 is 2.00 bits per heavy atom. The van der Waals surface area contributed by atoms with Gasteiger partial charge < -0.3 is 15.8 Å². The van der Waals surface area contributed by atoms with Gasteiger partial charge in [-0.2, -0.15) is 5.10 Å². The van der Waals surface area contributed by atoms with E-state index in [1.54, 1.807) is 16.8 Å². The zero-order valence-electron chi connectivity index (χ0n) is 16.3. The van der Waals surface area contributed by atoms with E-state index in [1.165, 1.54) is 12.4 Å². The highest BCUT2D eigenvalue weighted by Gasteiger charge is 2.22. The van der Waals surface area contributed by atoms with Crippen LogP contribution in [0.1, 0.15) is 12.8 Å². The van der Waals surface area contributed by atoms with Crippen molar-refractivity contribution in [2.24, 2.45) is 0 Å². The Morgan fingerprint density at radius 3 is 2.77 bits per heavy atom. The second kappa shape index (κ2) is 7.72. The number of nitrogens with one attached hydrogen (secondary N) is 1. The lowest BCUT2D eigenvalue weighted by Gasteiger charge is -2.10. The Kier molecular flexibility index (Phi) is 4.76. The molecular formula is C22H21FN6O. The van der Waals surface area contributed by atoms with E-state index < -0.39 is 5.82 Å². The van der Waals surface area contributed by atoms with Crippen LogP contribution in [-0.4, -0.2) is 32.3 Å². The number of rotatable bonds is 5. The quantitative estimate of drug-likeness (QED) is 0.526. The van der Waals surface area contributed by atoms with Crippen LogP contribution in [0.15, 0.2) is 54.9 Å². The van der Waals surface area contributed by atoms with Crippen LogP contribution in [0, 0.1) is 5.82 Å². The molecule has 3 heterocycles. The van der Waals surface area contributed by atoms with Gasteiger partial charge in [-0.1, -0.05) is 18.2 Å². The number of ether oxygens (including phenoxy) is 1. The number of hydrogen-bond acceptors (Lipinski definition) is 6. The van der Waals surface area contributed by atoms with Crippen LogP contribution < -0.4 is 15.8 Å². The average molecular weight is 404 g/mol. The van der Waals surface area contributed by atoms with E-state index in [9.17, 15) is 0 Å². The standard InChI is InChI=1S/C22H21FN6O/c23-18-11-16(30-15-6-2-1-3-7-15)8-9-17(18)20-19-21(24)26-13-27-22(19)29(28-20)12-14-5-4-10-25-14/h1-3,6-9,11,13-14,25H,4-5,10,12H2,(H2,24,26,27). The van der Waals surface area contributed by atoms with Gasteiger partial charge in [0.1, 0.15) is 35.2 Å². The smallest absolute Gasteiger partial charge is 0.164 e. The molecule has 7 nitrogen and oxygen atoms in total. The van der Waals surface area contributed by atoms with Crippen molar-refractivity contribution in [1.82, 2.24) is 25.1 Å². The molecule has 2 aromatic carbocycles. The van der Waals surface area contributed by atoms with Gasteiger partial charge in [0.2, 0.25) is 0 Å². The van der Waals surface area contributed by atoms with Crippen molar-refractivity contribution in [2.45, 2.75) is 25.4 Å². The third kappa shape index (κ3) is 3.46. The van der Waals surface area contributed by atoms with Crippen LogP contribution in [0.4, 0.5) is 10.2 Å². The van der Waals surface area contributed by atoms with E-state index in [2.05, 4.69) is 20.4 Å². The Hall–Kier alpha value is -3.52. The third-order valence-corrected chi connectivity index (χ3v) is 5.29. The molecule has 8 heteroatoms. The van der Waals surface area contributed by atoms with E-state index in [1.807, 2.05) is 30.3 Å². The summed E-state index contributed by atoms with van der Waals surface area (Å²) < 4.78 is 22.6. The zero-order chi connectivity index (χ0) is 20.5. The fourth-order valence-electron chi connectivity index (χ4n) is 3.84. The van der Waals surface area contributed by atoms with Crippen LogP contribution >= 0.6 is 0 Å². The summed E-state index contributed by atoms with van der Waals surface area (Å²) in [5, 5.41) is 8.68. The molecule has 0 saturated carbocycles. The summed E-state index contributed by atoms with van der Waals surface area (Å²) in [6.07, 6.45) is 3.61. The Labute approximate surface area is 172 Å². The number of anilines is 1. The number of aromatic nitrogens is 4. The molecule has 152 valence electrons. The van der Waals surface area contributed by atoms with Gasteiger partial charge in [0.15, 0.2) is 5.65 Å². The first-order valence-electron chi connectivity index (χ1n) is 9.92. The number of nitrogens with zero attached hydrogens (tertiary/aromatic N) is 4. The summed E-state index contributed by atoms with van der Waals surface area (Å²) in [5.74, 6) is 0.883. The predicted molar refractivity (Wildman–Crippen MR) is 113 cm³/mol. The van der Waals surface area contributed by atoms with Gasteiger partial charge in [-0.15, -0.1) is 0 Å². The number of nitrogens with two attached hydrogens (primary N) is 1. The van der Waals surface area contributed by atoms with Crippen molar-refractivity contribution in [3.05, 3.63) is 60.7 Å². The van der Waals surface area contributed by atoms with E-state index in [0.717, 1.165) is 19.4 Å². The molecule has 0 aliphatic carbocycles. The SMILES string of the molecule is Nc1ncnc2c1c(-c1ccc(Oc3ccccc3)cc1F)nn2CC1CCCN1. The minimum atomic E-state index is -0.447. The van der Waals surface area contributed by atoms with Crippen LogP contribution in [0.25, 0.3) is 22.3 Å². The topological polar surface area (TPSA) is 90.9 Å². The average Bonchev–Trinajstić information content (AvgIpc) is 3.38. The van der Waals surface area contributed by atoms with Gasteiger partial charge in [-0.3, -0.25) is 0 Å². The molecule has 4 aromatic rings. The first kappa shape index (κ1) is 18.5. The Balaban J connectivity index is 1.54. The molecule has 30 heavy (non-hydrogen) atoms. The highest BCUT2D eigenvalue weighted by molar-refractivity contribution is 5.98. The predicted octanol–water partition coefficient (Wildman–Crippen LogP) is 3.76.